The van der Waals surface area contributed by atoms with E-state index in [0.717, 1.165) is 23.4 Å². The van der Waals surface area contributed by atoms with Crippen LogP contribution in [0.1, 0.15) is 48.0 Å². The molecule has 132 valence electrons. The minimum Gasteiger partial charge on any atom is -0.345 e. The Morgan fingerprint density at radius 2 is 1.84 bits per heavy atom. The average Bonchev–Trinajstić information content (AvgIpc) is 2.92. The molecular formula is C21H25NO2S. The van der Waals surface area contributed by atoms with Gasteiger partial charge in [0.1, 0.15) is 0 Å². The number of rotatable bonds is 6. The quantitative estimate of drug-likeness (QED) is 0.724. The van der Waals surface area contributed by atoms with Crippen molar-refractivity contribution in [1.82, 2.24) is 4.90 Å². The van der Waals surface area contributed by atoms with E-state index in [1.54, 1.807) is 6.92 Å². The molecule has 3 rings (SSSR count). The normalized spacial score (nSPS) is 21.0. The molecule has 1 heterocycles. The number of benzene rings is 1. The standard InChI is InChI=1S/C21H25NO2S/c1-15(23)18-10-16(12-25-18)11-19(24)22(4)14-21(13-20(21,2)3)17-8-6-5-7-9-17/h5-10,12H,11,13-14H2,1-4H3. The first-order chi connectivity index (χ1) is 11.7. The van der Waals surface area contributed by atoms with Crippen LogP contribution in [0.3, 0.4) is 0 Å². The van der Waals surface area contributed by atoms with Gasteiger partial charge in [0, 0.05) is 19.0 Å². The molecular weight excluding hydrogens is 330 g/mol. The van der Waals surface area contributed by atoms with E-state index in [2.05, 4.69) is 38.1 Å². The summed E-state index contributed by atoms with van der Waals surface area (Å²) >= 11 is 1.41. The van der Waals surface area contributed by atoms with Crippen molar-refractivity contribution >= 4 is 23.0 Å². The van der Waals surface area contributed by atoms with E-state index in [4.69, 9.17) is 0 Å². The summed E-state index contributed by atoms with van der Waals surface area (Å²) in [6.07, 6.45) is 1.44. The highest BCUT2D eigenvalue weighted by atomic mass is 32.1. The predicted molar refractivity (Wildman–Crippen MR) is 102 cm³/mol. The molecule has 0 bridgehead atoms. The molecule has 1 aromatic heterocycles. The second-order valence-electron chi connectivity index (χ2n) is 7.81. The van der Waals surface area contributed by atoms with Crippen LogP contribution in [0.2, 0.25) is 0 Å². The lowest BCUT2D eigenvalue weighted by atomic mass is 9.87. The SMILES string of the molecule is CC(=O)c1cc(CC(=O)N(C)CC2(c3ccccc3)CC2(C)C)cs1. The van der Waals surface area contributed by atoms with Crippen LogP contribution in [0.15, 0.2) is 41.8 Å². The Bertz CT molecular complexity index is 793. The molecule has 1 unspecified atom stereocenters. The lowest BCUT2D eigenvalue weighted by Crippen LogP contribution is -2.37. The number of thiophene rings is 1. The molecule has 1 aliphatic carbocycles. The van der Waals surface area contributed by atoms with Crippen LogP contribution in [0.4, 0.5) is 0 Å². The van der Waals surface area contributed by atoms with E-state index in [-0.39, 0.29) is 22.5 Å². The predicted octanol–water partition coefficient (Wildman–Crippen LogP) is 4.32. The van der Waals surface area contributed by atoms with Crippen LogP contribution < -0.4 is 0 Å². The number of carbonyl (C=O) groups is 2. The van der Waals surface area contributed by atoms with Gasteiger partial charge in [-0.25, -0.2) is 0 Å². The van der Waals surface area contributed by atoms with Crippen LogP contribution in [0, 0.1) is 5.41 Å². The van der Waals surface area contributed by atoms with E-state index < -0.39 is 0 Å². The molecule has 25 heavy (non-hydrogen) atoms. The zero-order chi connectivity index (χ0) is 18.2. The number of nitrogens with zero attached hydrogens (tertiary/aromatic N) is 1. The van der Waals surface area contributed by atoms with Crippen molar-refractivity contribution in [1.29, 1.82) is 0 Å². The molecule has 1 fully saturated rings. The summed E-state index contributed by atoms with van der Waals surface area (Å²) in [4.78, 5) is 26.7. The van der Waals surface area contributed by atoms with Crippen molar-refractivity contribution < 1.29 is 9.59 Å². The van der Waals surface area contributed by atoms with Gasteiger partial charge in [-0.3, -0.25) is 9.59 Å². The number of amides is 1. The van der Waals surface area contributed by atoms with Gasteiger partial charge in [-0.1, -0.05) is 44.2 Å². The summed E-state index contributed by atoms with van der Waals surface area (Å²) in [6.45, 7) is 6.83. The van der Waals surface area contributed by atoms with Gasteiger partial charge in [-0.15, -0.1) is 11.3 Å². The Balaban J connectivity index is 1.71. The molecule has 1 amide bonds. The summed E-state index contributed by atoms with van der Waals surface area (Å²) in [7, 11) is 1.89. The highest BCUT2D eigenvalue weighted by molar-refractivity contribution is 7.12. The molecule has 3 nitrogen and oxygen atoms in total. The molecule has 1 saturated carbocycles. The van der Waals surface area contributed by atoms with Gasteiger partial charge < -0.3 is 4.90 Å². The highest BCUT2D eigenvalue weighted by Crippen LogP contribution is 2.64. The second-order valence-corrected chi connectivity index (χ2v) is 8.72. The fourth-order valence-corrected chi connectivity index (χ4v) is 4.59. The summed E-state index contributed by atoms with van der Waals surface area (Å²) in [5.74, 6) is 0.158. The number of hydrogen-bond acceptors (Lipinski definition) is 3. The maximum Gasteiger partial charge on any atom is 0.226 e. The molecule has 0 N–H and O–H groups in total. The van der Waals surface area contributed by atoms with E-state index >= 15 is 0 Å². The summed E-state index contributed by atoms with van der Waals surface area (Å²) in [6, 6.07) is 12.4. The Labute approximate surface area is 153 Å². The van der Waals surface area contributed by atoms with Crippen LogP contribution in [0.25, 0.3) is 0 Å². The molecule has 1 aromatic carbocycles. The average molecular weight is 356 g/mol. The molecule has 0 radical (unpaired) electrons. The number of ketones is 1. The van der Waals surface area contributed by atoms with E-state index in [9.17, 15) is 9.59 Å². The maximum atomic E-state index is 12.7. The molecule has 0 saturated heterocycles. The molecule has 1 aliphatic rings. The van der Waals surface area contributed by atoms with Crippen LogP contribution in [-0.4, -0.2) is 30.2 Å². The molecule has 2 aromatic rings. The smallest absolute Gasteiger partial charge is 0.226 e. The Hall–Kier alpha value is -1.94. The monoisotopic (exact) mass is 355 g/mol. The number of hydrogen-bond donors (Lipinski definition) is 0. The molecule has 4 heteroatoms. The first-order valence-electron chi connectivity index (χ1n) is 8.63. The summed E-state index contributed by atoms with van der Waals surface area (Å²) < 4.78 is 0. The first-order valence-corrected chi connectivity index (χ1v) is 9.51. The van der Waals surface area contributed by atoms with Crippen molar-refractivity contribution in [2.75, 3.05) is 13.6 Å². The highest BCUT2D eigenvalue weighted by Gasteiger charge is 2.62. The maximum absolute atomic E-state index is 12.7. The van der Waals surface area contributed by atoms with Gasteiger partial charge in [0.2, 0.25) is 5.91 Å². The number of Topliss-reactive ketones (excluding diaryl/α,β-unsaturated/α-hetero) is 1. The molecule has 1 atom stereocenters. The summed E-state index contributed by atoms with van der Waals surface area (Å²) in [5.41, 5.74) is 2.48. The van der Waals surface area contributed by atoms with E-state index in [1.807, 2.05) is 29.5 Å². The van der Waals surface area contributed by atoms with Crippen LogP contribution in [0.5, 0.6) is 0 Å². The fraction of sp³-hybridized carbons (Fsp3) is 0.429. The van der Waals surface area contributed by atoms with Gasteiger partial charge in [-0.2, -0.15) is 0 Å². The lowest BCUT2D eigenvalue weighted by molar-refractivity contribution is -0.129. The van der Waals surface area contributed by atoms with Crippen molar-refractivity contribution in [3.63, 3.8) is 0 Å². The van der Waals surface area contributed by atoms with Crippen LogP contribution >= 0.6 is 11.3 Å². The van der Waals surface area contributed by atoms with E-state index in [0.29, 0.717) is 6.42 Å². The zero-order valence-corrected chi connectivity index (χ0v) is 16.2. The Morgan fingerprint density at radius 1 is 1.20 bits per heavy atom. The van der Waals surface area contributed by atoms with Gasteiger partial charge >= 0.3 is 0 Å². The third-order valence-corrected chi connectivity index (χ3v) is 6.61. The first kappa shape index (κ1) is 17.9. The van der Waals surface area contributed by atoms with Crippen molar-refractivity contribution in [3.8, 4) is 0 Å². The fourth-order valence-electron chi connectivity index (χ4n) is 3.78. The third kappa shape index (κ3) is 3.40. The minimum atomic E-state index is 0.0395. The van der Waals surface area contributed by atoms with Gasteiger partial charge in [0.15, 0.2) is 5.78 Å². The summed E-state index contributed by atoms with van der Waals surface area (Å²) in [5, 5.41) is 1.91. The van der Waals surface area contributed by atoms with Gasteiger partial charge in [-0.05, 0) is 41.3 Å². The van der Waals surface area contributed by atoms with Crippen molar-refractivity contribution in [3.05, 3.63) is 57.8 Å². The van der Waals surface area contributed by atoms with Crippen LogP contribution in [-0.2, 0) is 16.6 Å². The third-order valence-electron chi connectivity index (χ3n) is 5.53. The van der Waals surface area contributed by atoms with E-state index in [1.165, 1.54) is 16.9 Å². The number of likely N-dealkylation sites (N-methyl/N-ethyl adjacent to an activating group) is 1. The van der Waals surface area contributed by atoms with Gasteiger partial charge in [0.25, 0.3) is 0 Å². The van der Waals surface area contributed by atoms with Crippen molar-refractivity contribution in [2.24, 2.45) is 5.41 Å². The Kier molecular flexibility index (Phi) is 4.58. The topological polar surface area (TPSA) is 37.4 Å². The molecule has 0 spiro atoms. The molecule has 0 aliphatic heterocycles. The van der Waals surface area contributed by atoms with Gasteiger partial charge in [0.05, 0.1) is 11.3 Å². The lowest BCUT2D eigenvalue weighted by Gasteiger charge is -2.28. The minimum absolute atomic E-state index is 0.0395. The van der Waals surface area contributed by atoms with Crippen molar-refractivity contribution in [2.45, 2.75) is 39.0 Å². The second kappa shape index (κ2) is 6.41. The number of carbonyl (C=O) groups excluding carboxylic acids is 2. The largest absolute Gasteiger partial charge is 0.345 e. The zero-order valence-electron chi connectivity index (χ0n) is 15.3. The Morgan fingerprint density at radius 3 is 2.36 bits per heavy atom.